The molecule has 10 nitrogen and oxygen atoms in total. The van der Waals surface area contributed by atoms with Gasteiger partial charge >= 0.3 is 5.97 Å². The average Bonchev–Trinajstić information content (AvgIpc) is 3.31. The Morgan fingerprint density at radius 3 is 2.31 bits per heavy atom. The Kier molecular flexibility index (Phi) is 12.2. The van der Waals surface area contributed by atoms with Crippen LogP contribution in [0.25, 0.3) is 0 Å². The Balaban J connectivity index is 1.28. The van der Waals surface area contributed by atoms with Crippen molar-refractivity contribution in [1.29, 1.82) is 0 Å². The number of hydrogen-bond acceptors (Lipinski definition) is 7. The quantitative estimate of drug-likeness (QED) is 0.133. The van der Waals surface area contributed by atoms with E-state index in [1.165, 1.54) is 11.1 Å². The fourth-order valence-corrected chi connectivity index (χ4v) is 14.9. The molecule has 2 aliphatic carbocycles. The lowest BCUT2D eigenvalue weighted by atomic mass is 9.68. The summed E-state index contributed by atoms with van der Waals surface area (Å²) in [6.45, 7) is 8.21. The zero-order valence-corrected chi connectivity index (χ0v) is 36.0. The normalized spacial score (nSPS) is 21.2. The number of aryl methyl sites for hydroxylation is 1. The summed E-state index contributed by atoms with van der Waals surface area (Å²) in [6.07, 6.45) is 4.06. The van der Waals surface area contributed by atoms with Crippen molar-refractivity contribution >= 4 is 57.9 Å². The minimum absolute atomic E-state index is 0.0330. The summed E-state index contributed by atoms with van der Waals surface area (Å²) in [4.78, 5) is 28.5. The summed E-state index contributed by atoms with van der Waals surface area (Å²) in [5.41, 5.74) is 3.01. The van der Waals surface area contributed by atoms with Gasteiger partial charge in [0.15, 0.2) is 0 Å². The third-order valence-electron chi connectivity index (χ3n) is 12.5. The number of nitrogens with one attached hydrogen (secondary N) is 1. The van der Waals surface area contributed by atoms with E-state index < -0.39 is 30.4 Å². The van der Waals surface area contributed by atoms with E-state index in [0.29, 0.717) is 30.5 Å². The highest BCUT2D eigenvalue weighted by molar-refractivity contribution is 7.89. The summed E-state index contributed by atoms with van der Waals surface area (Å²) < 4.78 is 37.9. The summed E-state index contributed by atoms with van der Waals surface area (Å²) in [7, 11) is -6.91. The number of rotatable bonds is 13. The molecule has 4 aromatic rings. The predicted octanol–water partition coefficient (Wildman–Crippen LogP) is 6.28. The third-order valence-corrected chi connectivity index (χ3v) is 18.6. The summed E-state index contributed by atoms with van der Waals surface area (Å²) >= 11 is 6.49. The molecule has 1 saturated carbocycles. The molecule has 1 unspecified atom stereocenters. The van der Waals surface area contributed by atoms with Crippen molar-refractivity contribution in [3.05, 3.63) is 119 Å². The minimum Gasteiger partial charge on any atom is -0.490 e. The molecular weight excluding hydrogens is 790 g/mol. The van der Waals surface area contributed by atoms with E-state index in [4.69, 9.17) is 25.9 Å². The lowest BCUT2D eigenvalue weighted by Crippen LogP contribution is -2.69. The van der Waals surface area contributed by atoms with Crippen molar-refractivity contribution in [2.45, 2.75) is 75.9 Å². The molecule has 1 amide bonds. The van der Waals surface area contributed by atoms with Gasteiger partial charge in [-0.05, 0) is 101 Å². The Bertz CT molecular complexity index is 2200. The first-order valence-corrected chi connectivity index (χ1v) is 24.2. The Morgan fingerprint density at radius 1 is 1.02 bits per heavy atom. The first-order valence-electron chi connectivity index (χ1n) is 20.2. The molecule has 1 heterocycles. The second-order valence-electron chi connectivity index (χ2n) is 17.3. The fourth-order valence-electron chi connectivity index (χ4n) is 9.63. The summed E-state index contributed by atoms with van der Waals surface area (Å²) in [5, 5.41) is 20.7. The number of halogens is 1. The van der Waals surface area contributed by atoms with Crippen molar-refractivity contribution in [1.82, 2.24) is 5.32 Å². The minimum atomic E-state index is -3.77. The van der Waals surface area contributed by atoms with Crippen LogP contribution in [-0.4, -0.2) is 71.8 Å². The molecule has 58 heavy (non-hydrogen) atoms. The van der Waals surface area contributed by atoms with Crippen LogP contribution in [0, 0.1) is 11.8 Å². The summed E-state index contributed by atoms with van der Waals surface area (Å²) in [6, 6.07) is 31.9. The van der Waals surface area contributed by atoms with Crippen molar-refractivity contribution in [2.75, 3.05) is 36.9 Å². The number of nitrogens with zero attached hydrogens (tertiary/aromatic N) is 1. The van der Waals surface area contributed by atoms with Crippen LogP contribution >= 0.6 is 11.6 Å². The molecule has 4 aromatic carbocycles. The second-order valence-corrected chi connectivity index (χ2v) is 23.8. The maximum absolute atomic E-state index is 13.8. The van der Waals surface area contributed by atoms with Crippen LogP contribution in [0.5, 0.6) is 5.75 Å². The molecule has 308 valence electrons. The van der Waals surface area contributed by atoms with Gasteiger partial charge in [-0.15, -0.1) is 0 Å². The van der Waals surface area contributed by atoms with E-state index in [2.05, 4.69) is 67.4 Å². The molecule has 4 N–H and O–H groups in total. The molecule has 3 aliphatic rings. The number of anilines is 1. The van der Waals surface area contributed by atoms with Gasteiger partial charge in [0, 0.05) is 30.1 Å². The van der Waals surface area contributed by atoms with Crippen molar-refractivity contribution < 1.29 is 32.3 Å². The zero-order valence-electron chi connectivity index (χ0n) is 33.5. The predicted molar refractivity (Wildman–Crippen MR) is 231 cm³/mol. The molecule has 0 aromatic heterocycles. The van der Waals surface area contributed by atoms with Crippen LogP contribution < -0.4 is 30.5 Å². The number of primary sulfonamides is 1. The number of carboxylic acids is 1. The van der Waals surface area contributed by atoms with Gasteiger partial charge in [-0.1, -0.05) is 99.1 Å². The number of fused-ring (bicyclic) bond motifs is 3. The molecule has 1 aliphatic heterocycles. The van der Waals surface area contributed by atoms with Gasteiger partial charge in [-0.2, -0.15) is 0 Å². The van der Waals surface area contributed by atoms with Crippen LogP contribution in [0.3, 0.4) is 0 Å². The van der Waals surface area contributed by atoms with Crippen LogP contribution in [0.4, 0.5) is 5.69 Å². The van der Waals surface area contributed by atoms with Crippen LogP contribution in [0.15, 0.2) is 97.1 Å². The number of benzene rings is 4. The third kappa shape index (κ3) is 8.72. The standard InChI is InChI=1S/C45H54ClN3O7SSi/c1-44(2,3)58(35-12-6-4-7-13-35,36-14-8-5-9-15-36)56-41(27-42(50)48-23-24-57(47,53)54)37-19-16-33(37)28-49-29-45(22-10-11-31-25-34(46)18-20-38(31)45)30-55-40-21-17-32(43(51)52)26-39(40)49/h4-9,12-15,17-18,20-21,25-26,33,37,41H,10-11,16,19,22-24,27-30H2,1-3H3,(H,48,50)(H,51,52)(H2,47,53,54)/t33-,37+,41+,45?/m0/s1. The zero-order chi connectivity index (χ0) is 41.3. The lowest BCUT2D eigenvalue weighted by molar-refractivity contribution is -0.124. The van der Waals surface area contributed by atoms with Gasteiger partial charge in [0.1, 0.15) is 5.75 Å². The van der Waals surface area contributed by atoms with Gasteiger partial charge in [-0.3, -0.25) is 4.79 Å². The van der Waals surface area contributed by atoms with Gasteiger partial charge < -0.3 is 24.5 Å². The van der Waals surface area contributed by atoms with Gasteiger partial charge in [0.2, 0.25) is 15.9 Å². The second kappa shape index (κ2) is 16.8. The summed E-state index contributed by atoms with van der Waals surface area (Å²) in [5.74, 6) is -0.967. The van der Waals surface area contributed by atoms with Crippen LogP contribution in [0.1, 0.15) is 74.4 Å². The number of amides is 1. The number of ether oxygens (including phenoxy) is 1. The van der Waals surface area contributed by atoms with E-state index in [-0.39, 0.29) is 52.5 Å². The average molecular weight is 845 g/mol. The monoisotopic (exact) mass is 843 g/mol. The highest BCUT2D eigenvalue weighted by atomic mass is 35.5. The molecule has 0 saturated heterocycles. The highest BCUT2D eigenvalue weighted by Crippen LogP contribution is 2.48. The van der Waals surface area contributed by atoms with Crippen LogP contribution in [0.2, 0.25) is 10.1 Å². The Labute approximate surface area is 348 Å². The van der Waals surface area contributed by atoms with E-state index in [1.54, 1.807) is 18.2 Å². The van der Waals surface area contributed by atoms with E-state index in [0.717, 1.165) is 48.2 Å². The number of carboxylic acid groups (broad SMARTS) is 1. The van der Waals surface area contributed by atoms with E-state index >= 15 is 0 Å². The number of carbonyl (C=O) groups is 2. The van der Waals surface area contributed by atoms with E-state index in [1.807, 2.05) is 42.5 Å². The SMILES string of the molecule is CC(C)(C)[Si](O[C@H](CC(=O)NCCS(N)(=O)=O)[C@@H]1CC[C@H]1CN1CC2(CCCc3cc(Cl)ccc32)COc2ccc(C(=O)O)cc21)(c1ccccc1)c1ccccc1. The molecule has 0 bridgehead atoms. The van der Waals surface area contributed by atoms with Crippen molar-refractivity contribution in [3.8, 4) is 5.75 Å². The molecule has 1 fully saturated rings. The highest BCUT2D eigenvalue weighted by Gasteiger charge is 2.54. The van der Waals surface area contributed by atoms with Gasteiger partial charge in [-0.25, -0.2) is 18.4 Å². The largest absolute Gasteiger partial charge is 0.490 e. The topological polar surface area (TPSA) is 148 Å². The fraction of sp³-hybridized carbons (Fsp3) is 0.422. The molecule has 13 heteroatoms. The van der Waals surface area contributed by atoms with E-state index in [9.17, 15) is 23.1 Å². The Morgan fingerprint density at radius 2 is 1.71 bits per heavy atom. The first kappa shape index (κ1) is 41.9. The maximum Gasteiger partial charge on any atom is 0.335 e. The number of hydrogen-bond donors (Lipinski definition) is 3. The maximum atomic E-state index is 13.8. The molecule has 0 radical (unpaired) electrons. The van der Waals surface area contributed by atoms with Crippen LogP contribution in [-0.2, 0) is 31.1 Å². The number of sulfonamides is 1. The molecular formula is C45H54ClN3O7SSi. The molecule has 4 atom stereocenters. The first-order chi connectivity index (χ1) is 27.6. The van der Waals surface area contributed by atoms with Gasteiger partial charge in [0.05, 0.1) is 36.1 Å². The van der Waals surface area contributed by atoms with Crippen molar-refractivity contribution in [2.24, 2.45) is 17.0 Å². The molecule has 7 rings (SSSR count). The number of carbonyl (C=O) groups excluding carboxylic acids is 1. The Hall–Kier alpha value is -4.20. The van der Waals surface area contributed by atoms with Crippen molar-refractivity contribution in [3.63, 3.8) is 0 Å². The number of aromatic carboxylic acids is 1. The smallest absolute Gasteiger partial charge is 0.335 e. The molecule has 1 spiro atoms. The lowest BCUT2D eigenvalue weighted by Gasteiger charge is -2.51. The number of nitrogens with two attached hydrogens (primary N) is 1. The van der Waals surface area contributed by atoms with Gasteiger partial charge in [0.25, 0.3) is 8.32 Å².